The van der Waals surface area contributed by atoms with Crippen molar-refractivity contribution in [3.8, 4) is 5.75 Å². The molecule has 3 nitrogen and oxygen atoms in total. The van der Waals surface area contributed by atoms with Crippen LogP contribution in [0.2, 0.25) is 0 Å². The zero-order valence-electron chi connectivity index (χ0n) is 11.4. The number of Topliss-reactive ketones (excluding diaryl/α,β-unsaturated/α-hetero) is 1. The SMILES string of the molecule is COc1ccc(C(=O)C2CC3CCCCC3N2)cc1. The molecule has 102 valence electrons. The summed E-state index contributed by atoms with van der Waals surface area (Å²) in [5, 5.41) is 3.54. The number of fused-ring (bicyclic) bond motifs is 1. The minimum atomic E-state index is 0.0153. The Bertz CT molecular complexity index is 440. The van der Waals surface area contributed by atoms with E-state index in [0.29, 0.717) is 12.0 Å². The Morgan fingerprint density at radius 3 is 2.63 bits per heavy atom. The van der Waals surface area contributed by atoms with Crippen molar-refractivity contribution in [2.24, 2.45) is 5.92 Å². The molecule has 1 saturated heterocycles. The van der Waals surface area contributed by atoms with Gasteiger partial charge in [0.2, 0.25) is 0 Å². The van der Waals surface area contributed by atoms with Gasteiger partial charge in [-0.05, 0) is 49.4 Å². The maximum absolute atomic E-state index is 12.5. The van der Waals surface area contributed by atoms with E-state index in [2.05, 4.69) is 5.32 Å². The number of methoxy groups -OCH3 is 1. The Hall–Kier alpha value is -1.35. The molecule has 0 radical (unpaired) electrons. The van der Waals surface area contributed by atoms with Gasteiger partial charge in [-0.15, -0.1) is 0 Å². The maximum Gasteiger partial charge on any atom is 0.179 e. The highest BCUT2D eigenvalue weighted by Gasteiger charge is 2.38. The van der Waals surface area contributed by atoms with E-state index >= 15 is 0 Å². The minimum Gasteiger partial charge on any atom is -0.497 e. The van der Waals surface area contributed by atoms with E-state index in [1.54, 1.807) is 7.11 Å². The molecule has 1 aromatic carbocycles. The van der Waals surface area contributed by atoms with Gasteiger partial charge in [-0.25, -0.2) is 0 Å². The van der Waals surface area contributed by atoms with Gasteiger partial charge in [-0.3, -0.25) is 4.79 Å². The van der Waals surface area contributed by atoms with Gasteiger partial charge in [0.15, 0.2) is 5.78 Å². The highest BCUT2D eigenvalue weighted by Crippen LogP contribution is 2.34. The molecule has 1 heterocycles. The molecule has 0 amide bonds. The van der Waals surface area contributed by atoms with Crippen LogP contribution in [0.4, 0.5) is 0 Å². The summed E-state index contributed by atoms with van der Waals surface area (Å²) in [6.45, 7) is 0. The van der Waals surface area contributed by atoms with Crippen LogP contribution in [-0.2, 0) is 0 Å². The first-order valence-electron chi connectivity index (χ1n) is 7.22. The second kappa shape index (κ2) is 5.33. The van der Waals surface area contributed by atoms with Crippen LogP contribution in [0.1, 0.15) is 42.5 Å². The smallest absolute Gasteiger partial charge is 0.179 e. The van der Waals surface area contributed by atoms with Crippen LogP contribution >= 0.6 is 0 Å². The number of ether oxygens (including phenoxy) is 1. The van der Waals surface area contributed by atoms with Crippen LogP contribution in [-0.4, -0.2) is 25.0 Å². The first kappa shape index (κ1) is 12.7. The normalized spacial score (nSPS) is 29.8. The summed E-state index contributed by atoms with van der Waals surface area (Å²) in [4.78, 5) is 12.5. The number of carbonyl (C=O) groups excluding carboxylic acids is 1. The quantitative estimate of drug-likeness (QED) is 0.848. The maximum atomic E-state index is 12.5. The Labute approximate surface area is 114 Å². The Morgan fingerprint density at radius 2 is 1.95 bits per heavy atom. The van der Waals surface area contributed by atoms with Crippen molar-refractivity contribution < 1.29 is 9.53 Å². The second-order valence-corrected chi connectivity index (χ2v) is 5.70. The van der Waals surface area contributed by atoms with E-state index in [1.165, 1.54) is 25.7 Å². The molecule has 3 unspecified atom stereocenters. The van der Waals surface area contributed by atoms with Crippen LogP contribution in [0.5, 0.6) is 5.75 Å². The monoisotopic (exact) mass is 259 g/mol. The van der Waals surface area contributed by atoms with Crippen molar-refractivity contribution in [1.82, 2.24) is 5.32 Å². The van der Waals surface area contributed by atoms with Crippen molar-refractivity contribution in [1.29, 1.82) is 0 Å². The number of ketones is 1. The van der Waals surface area contributed by atoms with Crippen molar-refractivity contribution in [3.63, 3.8) is 0 Å². The zero-order chi connectivity index (χ0) is 13.2. The number of carbonyl (C=O) groups is 1. The van der Waals surface area contributed by atoms with Gasteiger partial charge >= 0.3 is 0 Å². The first-order chi connectivity index (χ1) is 9.28. The molecule has 0 aromatic heterocycles. The van der Waals surface area contributed by atoms with E-state index in [4.69, 9.17) is 4.74 Å². The molecule has 3 atom stereocenters. The summed E-state index contributed by atoms with van der Waals surface area (Å²) < 4.78 is 5.12. The predicted molar refractivity (Wildman–Crippen MR) is 74.6 cm³/mol. The lowest BCUT2D eigenvalue weighted by molar-refractivity contribution is 0.0949. The van der Waals surface area contributed by atoms with Crippen LogP contribution in [0.15, 0.2) is 24.3 Å². The summed E-state index contributed by atoms with van der Waals surface area (Å²) >= 11 is 0. The summed E-state index contributed by atoms with van der Waals surface area (Å²) in [7, 11) is 1.64. The summed E-state index contributed by atoms with van der Waals surface area (Å²) in [5.74, 6) is 1.74. The van der Waals surface area contributed by atoms with Crippen molar-refractivity contribution >= 4 is 5.78 Å². The molecule has 0 spiro atoms. The predicted octanol–water partition coefficient (Wildman–Crippen LogP) is 2.80. The fraction of sp³-hybridized carbons (Fsp3) is 0.562. The van der Waals surface area contributed by atoms with Crippen LogP contribution in [0, 0.1) is 5.92 Å². The van der Waals surface area contributed by atoms with Gasteiger partial charge in [0.1, 0.15) is 5.75 Å². The van der Waals surface area contributed by atoms with Crippen LogP contribution < -0.4 is 10.1 Å². The third kappa shape index (κ3) is 2.52. The van der Waals surface area contributed by atoms with Gasteiger partial charge in [-0.1, -0.05) is 12.8 Å². The molecule has 2 fully saturated rings. The fourth-order valence-corrected chi connectivity index (χ4v) is 3.48. The Kier molecular flexibility index (Phi) is 3.56. The molecule has 1 aliphatic carbocycles. The molecule has 1 aliphatic heterocycles. The second-order valence-electron chi connectivity index (χ2n) is 5.70. The molecular formula is C16H21NO2. The van der Waals surface area contributed by atoms with Crippen molar-refractivity contribution in [3.05, 3.63) is 29.8 Å². The van der Waals surface area contributed by atoms with Gasteiger partial charge in [0, 0.05) is 11.6 Å². The standard InChI is InChI=1S/C16H21NO2/c1-19-13-8-6-11(7-9-13)16(18)15-10-12-4-2-3-5-14(12)17-15/h6-9,12,14-15,17H,2-5,10H2,1H3. The number of benzene rings is 1. The number of nitrogens with one attached hydrogen (secondary N) is 1. The van der Waals surface area contributed by atoms with Crippen LogP contribution in [0.25, 0.3) is 0 Å². The van der Waals surface area contributed by atoms with Gasteiger partial charge in [0.05, 0.1) is 13.2 Å². The van der Waals surface area contributed by atoms with E-state index < -0.39 is 0 Å². The van der Waals surface area contributed by atoms with Crippen molar-refractivity contribution in [2.45, 2.75) is 44.2 Å². The van der Waals surface area contributed by atoms with Crippen molar-refractivity contribution in [2.75, 3.05) is 7.11 Å². The molecule has 3 rings (SSSR count). The molecule has 1 saturated carbocycles. The molecule has 3 heteroatoms. The average molecular weight is 259 g/mol. The summed E-state index contributed by atoms with van der Waals surface area (Å²) in [6, 6.07) is 8.03. The highest BCUT2D eigenvalue weighted by molar-refractivity contribution is 6.00. The summed E-state index contributed by atoms with van der Waals surface area (Å²) in [6.07, 6.45) is 6.15. The van der Waals surface area contributed by atoms with E-state index in [0.717, 1.165) is 17.7 Å². The summed E-state index contributed by atoms with van der Waals surface area (Å²) in [5.41, 5.74) is 0.789. The topological polar surface area (TPSA) is 38.3 Å². The number of hydrogen-bond acceptors (Lipinski definition) is 3. The molecule has 2 aliphatic rings. The molecular weight excluding hydrogens is 238 g/mol. The Morgan fingerprint density at radius 1 is 1.21 bits per heavy atom. The van der Waals surface area contributed by atoms with E-state index in [-0.39, 0.29) is 11.8 Å². The third-order valence-electron chi connectivity index (χ3n) is 4.55. The van der Waals surface area contributed by atoms with E-state index in [9.17, 15) is 4.79 Å². The lowest BCUT2D eigenvalue weighted by Crippen LogP contribution is -2.37. The average Bonchev–Trinajstić information content (AvgIpc) is 2.90. The minimum absolute atomic E-state index is 0.0153. The lowest BCUT2D eigenvalue weighted by Gasteiger charge is -2.24. The first-order valence-corrected chi connectivity index (χ1v) is 7.22. The fourth-order valence-electron chi connectivity index (χ4n) is 3.48. The number of rotatable bonds is 3. The van der Waals surface area contributed by atoms with Gasteiger partial charge in [0.25, 0.3) is 0 Å². The largest absolute Gasteiger partial charge is 0.497 e. The molecule has 0 bridgehead atoms. The zero-order valence-corrected chi connectivity index (χ0v) is 11.4. The molecule has 1 aromatic rings. The lowest BCUT2D eigenvalue weighted by atomic mass is 9.84. The van der Waals surface area contributed by atoms with Gasteiger partial charge in [-0.2, -0.15) is 0 Å². The molecule has 19 heavy (non-hydrogen) atoms. The van der Waals surface area contributed by atoms with E-state index in [1.807, 2.05) is 24.3 Å². The highest BCUT2D eigenvalue weighted by atomic mass is 16.5. The molecule has 1 N–H and O–H groups in total. The van der Waals surface area contributed by atoms with Crippen LogP contribution in [0.3, 0.4) is 0 Å². The van der Waals surface area contributed by atoms with Gasteiger partial charge < -0.3 is 10.1 Å². The third-order valence-corrected chi connectivity index (χ3v) is 4.55. The Balaban J connectivity index is 1.70. The number of hydrogen-bond donors (Lipinski definition) is 1.